The molecule has 1 aromatic carbocycles. The lowest BCUT2D eigenvalue weighted by atomic mass is 9.96. The van der Waals surface area contributed by atoms with Crippen LogP contribution in [-0.2, 0) is 4.79 Å². The summed E-state index contributed by atoms with van der Waals surface area (Å²) >= 11 is 6.12. The van der Waals surface area contributed by atoms with Gasteiger partial charge in [-0.25, -0.2) is 9.97 Å². The van der Waals surface area contributed by atoms with E-state index in [0.717, 1.165) is 54.5 Å². The van der Waals surface area contributed by atoms with Gasteiger partial charge in [0.15, 0.2) is 0 Å². The molecule has 2 heterocycles. The van der Waals surface area contributed by atoms with Crippen LogP contribution in [0.1, 0.15) is 29.8 Å². The minimum absolute atomic E-state index is 0.000498. The number of carbonyl (C=O) groups is 1. The van der Waals surface area contributed by atoms with Crippen LogP contribution in [0, 0.1) is 26.7 Å². The first-order chi connectivity index (χ1) is 11.9. The van der Waals surface area contributed by atoms with Crippen molar-refractivity contribution < 1.29 is 4.79 Å². The summed E-state index contributed by atoms with van der Waals surface area (Å²) in [6.45, 7) is 7.44. The van der Waals surface area contributed by atoms with E-state index in [4.69, 9.17) is 11.6 Å². The first kappa shape index (κ1) is 17.7. The third-order valence-corrected chi connectivity index (χ3v) is 5.05. The number of aryl methyl sites for hydroxylation is 2. The smallest absolute Gasteiger partial charge is 0.227 e. The van der Waals surface area contributed by atoms with E-state index in [0.29, 0.717) is 5.02 Å². The summed E-state index contributed by atoms with van der Waals surface area (Å²) in [7, 11) is 0. The summed E-state index contributed by atoms with van der Waals surface area (Å²) in [5.41, 5.74) is 3.63. The van der Waals surface area contributed by atoms with Gasteiger partial charge in [0.05, 0.1) is 0 Å². The molecule has 1 aliphatic heterocycles. The van der Waals surface area contributed by atoms with Gasteiger partial charge >= 0.3 is 0 Å². The zero-order valence-electron chi connectivity index (χ0n) is 14.8. The Balaban J connectivity index is 1.62. The Kier molecular flexibility index (Phi) is 5.23. The van der Waals surface area contributed by atoms with Crippen LogP contribution >= 0.6 is 11.6 Å². The van der Waals surface area contributed by atoms with E-state index in [1.54, 1.807) is 0 Å². The van der Waals surface area contributed by atoms with Gasteiger partial charge < -0.3 is 10.2 Å². The molecule has 1 fully saturated rings. The number of carbonyl (C=O) groups excluding carboxylic acids is 1. The van der Waals surface area contributed by atoms with Crippen molar-refractivity contribution in [2.45, 2.75) is 33.6 Å². The van der Waals surface area contributed by atoms with Crippen LogP contribution in [0.2, 0.25) is 5.02 Å². The predicted molar refractivity (Wildman–Crippen MR) is 101 cm³/mol. The average molecular weight is 359 g/mol. The standard InChI is InChI=1S/C19H23ClN4O/c1-12-11-13(2)22-19(21-12)24-9-7-15(8-10-24)18(25)23-17-6-4-5-16(20)14(17)3/h4-6,11,15H,7-10H2,1-3H3,(H,23,25). The molecule has 3 rings (SSSR count). The zero-order valence-corrected chi connectivity index (χ0v) is 15.6. The molecule has 0 aliphatic carbocycles. The molecule has 0 unspecified atom stereocenters. The number of benzene rings is 1. The lowest BCUT2D eigenvalue weighted by molar-refractivity contribution is -0.120. The van der Waals surface area contributed by atoms with Gasteiger partial charge in [-0.1, -0.05) is 17.7 Å². The molecule has 2 aromatic rings. The number of aromatic nitrogens is 2. The van der Waals surface area contributed by atoms with Crippen molar-refractivity contribution in [2.75, 3.05) is 23.3 Å². The molecule has 6 heteroatoms. The number of amides is 1. The van der Waals surface area contributed by atoms with Gasteiger partial charge in [0, 0.05) is 41.1 Å². The van der Waals surface area contributed by atoms with Crippen molar-refractivity contribution in [2.24, 2.45) is 5.92 Å². The molecule has 0 radical (unpaired) electrons. The predicted octanol–water partition coefficient (Wildman–Crippen LogP) is 3.91. The minimum Gasteiger partial charge on any atom is -0.341 e. The lowest BCUT2D eigenvalue weighted by Gasteiger charge is -2.31. The molecule has 1 saturated heterocycles. The topological polar surface area (TPSA) is 58.1 Å². The SMILES string of the molecule is Cc1cc(C)nc(N2CCC(C(=O)Nc3cccc(Cl)c3C)CC2)n1. The van der Waals surface area contributed by atoms with E-state index in [1.165, 1.54) is 0 Å². The zero-order chi connectivity index (χ0) is 18.0. The van der Waals surface area contributed by atoms with Crippen molar-refractivity contribution in [3.05, 3.63) is 46.2 Å². The van der Waals surface area contributed by atoms with Gasteiger partial charge in [-0.15, -0.1) is 0 Å². The van der Waals surface area contributed by atoms with Crippen LogP contribution in [0.3, 0.4) is 0 Å². The fraction of sp³-hybridized carbons (Fsp3) is 0.421. The lowest BCUT2D eigenvalue weighted by Crippen LogP contribution is -2.39. The van der Waals surface area contributed by atoms with Crippen LogP contribution in [0.15, 0.2) is 24.3 Å². The highest BCUT2D eigenvalue weighted by atomic mass is 35.5. The summed E-state index contributed by atoms with van der Waals surface area (Å²) in [6, 6.07) is 7.54. The van der Waals surface area contributed by atoms with Gasteiger partial charge in [0.25, 0.3) is 0 Å². The molecular weight excluding hydrogens is 336 g/mol. The van der Waals surface area contributed by atoms with Gasteiger partial charge in [0.1, 0.15) is 0 Å². The van der Waals surface area contributed by atoms with Crippen LogP contribution in [0.4, 0.5) is 11.6 Å². The number of halogens is 1. The van der Waals surface area contributed by atoms with Crippen LogP contribution in [0.5, 0.6) is 0 Å². The summed E-state index contributed by atoms with van der Waals surface area (Å²) in [5, 5.41) is 3.69. The summed E-state index contributed by atoms with van der Waals surface area (Å²) in [6.07, 6.45) is 1.59. The molecule has 1 aliphatic rings. The van der Waals surface area contributed by atoms with Crippen LogP contribution in [-0.4, -0.2) is 29.0 Å². The fourth-order valence-corrected chi connectivity index (χ4v) is 3.34. The molecule has 0 saturated carbocycles. The fourth-order valence-electron chi connectivity index (χ4n) is 3.17. The Morgan fingerprint density at radius 1 is 1.16 bits per heavy atom. The van der Waals surface area contributed by atoms with Crippen molar-refractivity contribution in [3.8, 4) is 0 Å². The first-order valence-corrected chi connectivity index (χ1v) is 8.95. The third kappa shape index (κ3) is 4.10. The first-order valence-electron chi connectivity index (χ1n) is 8.57. The van der Waals surface area contributed by atoms with E-state index < -0.39 is 0 Å². The molecule has 5 nitrogen and oxygen atoms in total. The van der Waals surface area contributed by atoms with Crippen LogP contribution in [0.25, 0.3) is 0 Å². The maximum absolute atomic E-state index is 12.6. The largest absolute Gasteiger partial charge is 0.341 e. The number of rotatable bonds is 3. The normalized spacial score (nSPS) is 15.3. The molecule has 0 atom stereocenters. The Morgan fingerprint density at radius 2 is 1.80 bits per heavy atom. The second-order valence-corrected chi connectivity index (χ2v) is 7.02. The van der Waals surface area contributed by atoms with Gasteiger partial charge in [-0.2, -0.15) is 0 Å². The van der Waals surface area contributed by atoms with Gasteiger partial charge in [-0.05, 0) is 57.4 Å². The quantitative estimate of drug-likeness (QED) is 0.903. The van der Waals surface area contributed by atoms with Crippen molar-refractivity contribution in [1.29, 1.82) is 0 Å². The minimum atomic E-state index is 0.000498. The number of nitrogens with one attached hydrogen (secondary N) is 1. The van der Waals surface area contributed by atoms with E-state index in [-0.39, 0.29) is 11.8 Å². The van der Waals surface area contributed by atoms with E-state index in [9.17, 15) is 4.79 Å². The molecule has 1 amide bonds. The van der Waals surface area contributed by atoms with Crippen LogP contribution < -0.4 is 10.2 Å². The third-order valence-electron chi connectivity index (χ3n) is 4.64. The summed E-state index contributed by atoms with van der Waals surface area (Å²) in [5.74, 6) is 0.828. The van der Waals surface area contributed by atoms with Crippen molar-refractivity contribution in [3.63, 3.8) is 0 Å². The average Bonchev–Trinajstić information content (AvgIpc) is 2.58. The molecule has 1 aromatic heterocycles. The number of piperidine rings is 1. The van der Waals surface area contributed by atoms with Gasteiger partial charge in [0.2, 0.25) is 11.9 Å². The molecule has 0 bridgehead atoms. The highest BCUT2D eigenvalue weighted by Gasteiger charge is 2.26. The molecule has 132 valence electrons. The van der Waals surface area contributed by atoms with Crippen molar-refractivity contribution in [1.82, 2.24) is 9.97 Å². The highest BCUT2D eigenvalue weighted by Crippen LogP contribution is 2.26. The van der Waals surface area contributed by atoms with E-state index >= 15 is 0 Å². The Morgan fingerprint density at radius 3 is 2.44 bits per heavy atom. The number of hydrogen-bond acceptors (Lipinski definition) is 4. The highest BCUT2D eigenvalue weighted by molar-refractivity contribution is 6.31. The second kappa shape index (κ2) is 7.40. The Hall–Kier alpha value is -2.14. The number of hydrogen-bond donors (Lipinski definition) is 1. The summed E-state index contributed by atoms with van der Waals surface area (Å²) < 4.78 is 0. The Bertz CT molecular complexity index is 765. The second-order valence-electron chi connectivity index (χ2n) is 6.61. The van der Waals surface area contributed by atoms with Crippen molar-refractivity contribution >= 4 is 29.1 Å². The molecule has 1 N–H and O–H groups in total. The number of nitrogens with zero attached hydrogens (tertiary/aromatic N) is 3. The summed E-state index contributed by atoms with van der Waals surface area (Å²) in [4.78, 5) is 23.8. The molecular formula is C19H23ClN4O. The maximum Gasteiger partial charge on any atom is 0.227 e. The Labute approximate surface area is 153 Å². The van der Waals surface area contributed by atoms with Gasteiger partial charge in [-0.3, -0.25) is 4.79 Å². The molecule has 25 heavy (non-hydrogen) atoms. The molecule has 0 spiro atoms. The maximum atomic E-state index is 12.6. The van der Waals surface area contributed by atoms with E-state index in [1.807, 2.05) is 45.0 Å². The number of anilines is 2. The van der Waals surface area contributed by atoms with E-state index in [2.05, 4.69) is 20.2 Å². The monoisotopic (exact) mass is 358 g/mol.